The predicted octanol–water partition coefficient (Wildman–Crippen LogP) is 8.72. The van der Waals surface area contributed by atoms with Crippen LogP contribution in [0.4, 0.5) is 0 Å². The van der Waals surface area contributed by atoms with E-state index in [0.29, 0.717) is 12.8 Å². The van der Waals surface area contributed by atoms with E-state index in [0.717, 1.165) is 70.6 Å². The molecule has 1 aliphatic heterocycles. The number of allylic oxidation sites excluding steroid dienone is 6. The van der Waals surface area contributed by atoms with Gasteiger partial charge in [-0.15, -0.1) is 0 Å². The monoisotopic (exact) mass is 767 g/mol. The lowest BCUT2D eigenvalue weighted by Gasteiger charge is -2.39. The van der Waals surface area contributed by atoms with Crippen molar-refractivity contribution in [3.63, 3.8) is 0 Å². The van der Waals surface area contributed by atoms with Gasteiger partial charge in [0, 0.05) is 12.8 Å². The minimum absolute atomic E-state index is 0.211. The molecule has 314 valence electrons. The van der Waals surface area contributed by atoms with E-state index < -0.39 is 55.4 Å². The quantitative estimate of drug-likeness (QED) is 0.0280. The van der Waals surface area contributed by atoms with Crippen LogP contribution in [0.5, 0.6) is 0 Å². The second-order valence-electron chi connectivity index (χ2n) is 14.8. The molecule has 0 amide bonds. The van der Waals surface area contributed by atoms with Crippen molar-refractivity contribution in [2.24, 2.45) is 0 Å². The van der Waals surface area contributed by atoms with Gasteiger partial charge < -0.3 is 39.4 Å². The molecule has 10 heteroatoms. The number of aliphatic hydroxyl groups is 4. The Bertz CT molecular complexity index is 980. The van der Waals surface area contributed by atoms with Crippen LogP contribution in [0.25, 0.3) is 0 Å². The number of carbonyl (C=O) groups is 2. The van der Waals surface area contributed by atoms with Gasteiger partial charge in [-0.3, -0.25) is 9.59 Å². The zero-order valence-electron chi connectivity index (χ0n) is 34.0. The molecular weight excluding hydrogens is 688 g/mol. The molecule has 1 rings (SSSR count). The highest BCUT2D eigenvalue weighted by molar-refractivity contribution is 5.70. The van der Waals surface area contributed by atoms with Crippen molar-refractivity contribution in [2.75, 3.05) is 19.8 Å². The SMILES string of the molecule is CCCC/C=C/C/C=C/CCCCCCCC(=O)O[C@@H](COC(=O)CCCCC/C=C/CCCCCCCCCC)CO[C@H]1O[C@@H](CO)[C@@H](O)C(O)C1O. The van der Waals surface area contributed by atoms with Gasteiger partial charge in [0.25, 0.3) is 0 Å². The lowest BCUT2D eigenvalue weighted by Crippen LogP contribution is -2.59. The summed E-state index contributed by atoms with van der Waals surface area (Å²) in [6, 6.07) is 0. The molecule has 1 heterocycles. The van der Waals surface area contributed by atoms with Crippen LogP contribution in [-0.4, -0.2) is 89.0 Å². The summed E-state index contributed by atoms with van der Waals surface area (Å²) in [7, 11) is 0. The second kappa shape index (κ2) is 35.3. The average Bonchev–Trinajstić information content (AvgIpc) is 3.17. The lowest BCUT2D eigenvalue weighted by molar-refractivity contribution is -0.305. The average molecular weight is 767 g/mol. The molecule has 54 heavy (non-hydrogen) atoms. The molecule has 4 N–H and O–H groups in total. The first kappa shape index (κ1) is 49.9. The number of rotatable bonds is 35. The molecule has 0 aliphatic carbocycles. The smallest absolute Gasteiger partial charge is 0.306 e. The van der Waals surface area contributed by atoms with E-state index in [2.05, 4.69) is 50.3 Å². The molecular formula is C44H78O10. The Morgan fingerprint density at radius 2 is 1.06 bits per heavy atom. The van der Waals surface area contributed by atoms with Gasteiger partial charge in [0.15, 0.2) is 12.4 Å². The molecule has 0 aromatic heterocycles. The molecule has 1 aliphatic rings. The first-order valence-corrected chi connectivity index (χ1v) is 21.6. The standard InChI is InChI=1S/C44H78O10/c1-3-5-7-9-11-13-15-17-19-21-22-24-26-28-30-32-39(46)51-35-37(36-52-44-43(50)42(49)41(48)38(34-45)54-44)53-40(47)33-31-29-27-25-23-20-18-16-14-12-10-8-6-4-2/h10,12,16,18,21-22,37-38,41-45,48-50H,3-9,11,13-15,17,19-20,23-36H2,1-2H3/b12-10+,18-16+,22-21+/t37-,38-,41+,42?,43?,44-/m0/s1. The van der Waals surface area contributed by atoms with Gasteiger partial charge in [-0.2, -0.15) is 0 Å². The van der Waals surface area contributed by atoms with Crippen LogP contribution >= 0.6 is 0 Å². The Morgan fingerprint density at radius 1 is 0.574 bits per heavy atom. The van der Waals surface area contributed by atoms with Crippen LogP contribution in [-0.2, 0) is 28.5 Å². The number of hydrogen-bond acceptors (Lipinski definition) is 10. The third-order valence-corrected chi connectivity index (χ3v) is 9.75. The van der Waals surface area contributed by atoms with Crippen molar-refractivity contribution in [1.82, 2.24) is 0 Å². The molecule has 10 nitrogen and oxygen atoms in total. The molecule has 0 bridgehead atoms. The first-order valence-electron chi connectivity index (χ1n) is 21.6. The Hall–Kier alpha value is -2.08. The molecule has 0 aromatic carbocycles. The van der Waals surface area contributed by atoms with E-state index in [4.69, 9.17) is 18.9 Å². The Labute approximate surface area is 327 Å². The largest absolute Gasteiger partial charge is 0.462 e. The Balaban J connectivity index is 2.37. The number of hydrogen-bond donors (Lipinski definition) is 4. The van der Waals surface area contributed by atoms with Crippen molar-refractivity contribution in [3.05, 3.63) is 36.5 Å². The van der Waals surface area contributed by atoms with Crippen molar-refractivity contribution in [1.29, 1.82) is 0 Å². The number of ether oxygens (including phenoxy) is 4. The molecule has 1 saturated heterocycles. The predicted molar refractivity (Wildman–Crippen MR) is 215 cm³/mol. The highest BCUT2D eigenvalue weighted by atomic mass is 16.7. The first-order chi connectivity index (χ1) is 26.3. The minimum Gasteiger partial charge on any atom is -0.462 e. The van der Waals surface area contributed by atoms with Crippen molar-refractivity contribution in [2.45, 2.75) is 211 Å². The third-order valence-electron chi connectivity index (χ3n) is 9.75. The fourth-order valence-corrected chi connectivity index (χ4v) is 6.26. The molecule has 0 saturated carbocycles. The number of esters is 2. The van der Waals surface area contributed by atoms with E-state index in [1.807, 2.05) is 0 Å². The Kier molecular flexibility index (Phi) is 32.7. The highest BCUT2D eigenvalue weighted by Crippen LogP contribution is 2.22. The van der Waals surface area contributed by atoms with Crippen molar-refractivity contribution >= 4 is 11.9 Å². The van der Waals surface area contributed by atoms with Gasteiger partial charge in [-0.25, -0.2) is 0 Å². The second-order valence-corrected chi connectivity index (χ2v) is 14.8. The third kappa shape index (κ3) is 26.7. The van der Waals surface area contributed by atoms with E-state index in [9.17, 15) is 30.0 Å². The Morgan fingerprint density at radius 3 is 1.63 bits per heavy atom. The van der Waals surface area contributed by atoms with Crippen LogP contribution in [0.1, 0.15) is 174 Å². The summed E-state index contributed by atoms with van der Waals surface area (Å²) in [5.74, 6) is -0.841. The molecule has 2 unspecified atom stereocenters. The molecule has 1 fully saturated rings. The van der Waals surface area contributed by atoms with Crippen LogP contribution < -0.4 is 0 Å². The zero-order valence-corrected chi connectivity index (χ0v) is 34.0. The highest BCUT2D eigenvalue weighted by Gasteiger charge is 2.44. The van der Waals surface area contributed by atoms with Gasteiger partial charge >= 0.3 is 11.9 Å². The maximum atomic E-state index is 12.7. The molecule has 6 atom stereocenters. The summed E-state index contributed by atoms with van der Waals surface area (Å²) in [6.45, 7) is 3.34. The number of unbranched alkanes of at least 4 members (excludes halogenated alkanes) is 18. The van der Waals surface area contributed by atoms with Crippen LogP contribution in [0.3, 0.4) is 0 Å². The fourth-order valence-electron chi connectivity index (χ4n) is 6.26. The van der Waals surface area contributed by atoms with Crippen molar-refractivity contribution < 1.29 is 49.0 Å². The van der Waals surface area contributed by atoms with Gasteiger partial charge in [0.2, 0.25) is 0 Å². The zero-order chi connectivity index (χ0) is 39.5. The summed E-state index contributed by atoms with van der Waals surface area (Å²) < 4.78 is 22.1. The van der Waals surface area contributed by atoms with Crippen molar-refractivity contribution in [3.8, 4) is 0 Å². The van der Waals surface area contributed by atoms with Gasteiger partial charge in [-0.1, -0.05) is 134 Å². The maximum absolute atomic E-state index is 12.7. The number of carbonyl (C=O) groups excluding carboxylic acids is 2. The molecule has 0 spiro atoms. The summed E-state index contributed by atoms with van der Waals surface area (Å²) in [5.41, 5.74) is 0. The van der Waals surface area contributed by atoms with E-state index in [1.54, 1.807) is 0 Å². The molecule has 0 radical (unpaired) electrons. The van der Waals surface area contributed by atoms with E-state index in [1.165, 1.54) is 64.2 Å². The fraction of sp³-hybridized carbons (Fsp3) is 0.818. The topological polar surface area (TPSA) is 152 Å². The van der Waals surface area contributed by atoms with Crippen LogP contribution in [0, 0.1) is 0 Å². The van der Waals surface area contributed by atoms with E-state index >= 15 is 0 Å². The van der Waals surface area contributed by atoms with Gasteiger partial charge in [0.05, 0.1) is 13.2 Å². The summed E-state index contributed by atoms with van der Waals surface area (Å²) in [6.07, 6.45) is 31.5. The molecule has 0 aromatic rings. The minimum atomic E-state index is -1.60. The summed E-state index contributed by atoms with van der Waals surface area (Å²) in [4.78, 5) is 25.3. The summed E-state index contributed by atoms with van der Waals surface area (Å²) >= 11 is 0. The van der Waals surface area contributed by atoms with Crippen LogP contribution in [0.15, 0.2) is 36.5 Å². The summed E-state index contributed by atoms with van der Waals surface area (Å²) in [5, 5.41) is 40.0. The number of aliphatic hydroxyl groups excluding tert-OH is 4. The van der Waals surface area contributed by atoms with E-state index in [-0.39, 0.29) is 26.1 Å². The van der Waals surface area contributed by atoms with Gasteiger partial charge in [0.1, 0.15) is 31.0 Å². The van der Waals surface area contributed by atoms with Gasteiger partial charge in [-0.05, 0) is 64.2 Å². The normalized spacial score (nSPS) is 21.0. The maximum Gasteiger partial charge on any atom is 0.306 e. The van der Waals surface area contributed by atoms with Crippen LogP contribution in [0.2, 0.25) is 0 Å². The lowest BCUT2D eigenvalue weighted by atomic mass is 9.99.